The summed E-state index contributed by atoms with van der Waals surface area (Å²) in [6.07, 6.45) is 4.01. The summed E-state index contributed by atoms with van der Waals surface area (Å²) in [5, 5.41) is 3.79. The number of rotatable bonds is 7. The first-order valence-electron chi connectivity index (χ1n) is 12.2. The Morgan fingerprint density at radius 3 is 1.43 bits per heavy atom. The van der Waals surface area contributed by atoms with E-state index in [-0.39, 0.29) is 15.9 Å². The maximum atomic E-state index is 4.81. The van der Waals surface area contributed by atoms with Crippen LogP contribution in [0, 0.1) is 0 Å². The van der Waals surface area contributed by atoms with Crippen LogP contribution in [0.2, 0.25) is 0 Å². The predicted octanol–water partition coefficient (Wildman–Crippen LogP) is 8.42. The standard InChI is InChI=1S/C16H28NP.C12H20NP.2ClH.Pd/c1-15(2,3)18(16(4,5)6)14-11-9-13(10-12-14)17(7)8;1-4-5-10-14-12-8-6-11(7-9-12)13(2)3;;;/h9-12H,1-8H3;6-9,14H,4-5,10H2,1-3H3;2*1H;/q;;;;+2/p-1. The SMILES string of the molecule is CCCCPc1ccc(N(C)C)cc1.CN(C)c1ccc([PH+](C(C)(C)C)C(C)(C)C)cc1.[Cl][Pd][Cl]. The molecule has 0 aromatic heterocycles. The number of unbranched alkanes of at least 4 members (excludes halogenated alkanes) is 1. The van der Waals surface area contributed by atoms with Crippen molar-refractivity contribution in [1.29, 1.82) is 0 Å². The van der Waals surface area contributed by atoms with Crippen LogP contribution >= 0.6 is 35.6 Å². The third-order valence-corrected chi connectivity index (χ3v) is 10.7. The molecule has 204 valence electrons. The fraction of sp³-hybridized carbons (Fsp3) is 0.571. The van der Waals surface area contributed by atoms with Crippen molar-refractivity contribution in [2.24, 2.45) is 0 Å². The Hall–Kier alpha value is 0.142. The van der Waals surface area contributed by atoms with E-state index in [1.807, 2.05) is 0 Å². The van der Waals surface area contributed by atoms with Crippen LogP contribution in [0.25, 0.3) is 0 Å². The normalized spacial score (nSPS) is 11.7. The van der Waals surface area contributed by atoms with Gasteiger partial charge in [0.2, 0.25) is 0 Å². The van der Waals surface area contributed by atoms with E-state index in [0.29, 0.717) is 10.3 Å². The summed E-state index contributed by atoms with van der Waals surface area (Å²) < 4.78 is 0. The average Bonchev–Trinajstić information content (AvgIpc) is 2.74. The van der Waals surface area contributed by atoms with Crippen molar-refractivity contribution in [2.75, 3.05) is 44.2 Å². The third kappa shape index (κ3) is 14.6. The third-order valence-electron chi connectivity index (χ3n) is 5.42. The van der Waals surface area contributed by atoms with Gasteiger partial charge < -0.3 is 9.80 Å². The first kappa shape index (κ1) is 35.1. The Morgan fingerprint density at radius 2 is 1.11 bits per heavy atom. The van der Waals surface area contributed by atoms with Crippen LogP contribution in [-0.2, 0) is 15.9 Å². The van der Waals surface area contributed by atoms with Crippen LogP contribution in [0.4, 0.5) is 11.4 Å². The zero-order valence-electron chi connectivity index (χ0n) is 23.7. The molecule has 0 saturated carbocycles. The van der Waals surface area contributed by atoms with Crippen molar-refractivity contribution in [3.63, 3.8) is 0 Å². The van der Waals surface area contributed by atoms with Crippen LogP contribution in [-0.4, -0.2) is 44.7 Å². The molecule has 2 aromatic carbocycles. The molecule has 0 saturated heterocycles. The van der Waals surface area contributed by atoms with Gasteiger partial charge >= 0.3 is 35.0 Å². The second-order valence-electron chi connectivity index (χ2n) is 11.1. The molecular formula is C28H49Cl2N2P2Pd+. The van der Waals surface area contributed by atoms with Crippen molar-refractivity contribution in [3.05, 3.63) is 48.5 Å². The van der Waals surface area contributed by atoms with Crippen LogP contribution in [0.3, 0.4) is 0 Å². The predicted molar refractivity (Wildman–Crippen MR) is 168 cm³/mol. The van der Waals surface area contributed by atoms with E-state index in [1.165, 1.54) is 35.7 Å². The molecule has 0 spiro atoms. The van der Waals surface area contributed by atoms with Gasteiger partial charge in [-0.1, -0.05) is 34.1 Å². The van der Waals surface area contributed by atoms with Crippen LogP contribution < -0.4 is 20.4 Å². The Balaban J connectivity index is 0.000000608. The van der Waals surface area contributed by atoms with Crippen molar-refractivity contribution in [3.8, 4) is 0 Å². The molecule has 0 N–H and O–H groups in total. The number of nitrogens with zero attached hydrogens (tertiary/aromatic N) is 2. The van der Waals surface area contributed by atoms with E-state index in [2.05, 4.69) is 135 Å². The van der Waals surface area contributed by atoms with Crippen molar-refractivity contribution in [2.45, 2.75) is 71.6 Å². The first-order valence-corrected chi connectivity index (χ1v) is 18.9. The summed E-state index contributed by atoms with van der Waals surface area (Å²) in [4.78, 5) is 4.29. The molecule has 0 amide bonds. The van der Waals surface area contributed by atoms with E-state index < -0.39 is 7.92 Å². The molecule has 1 unspecified atom stereocenters. The summed E-state index contributed by atoms with van der Waals surface area (Å²) >= 11 is -0.106. The number of benzene rings is 2. The number of hydrogen-bond donors (Lipinski definition) is 0. The Bertz CT molecular complexity index is 786. The maximum absolute atomic E-state index is 4.81. The van der Waals surface area contributed by atoms with Gasteiger partial charge in [0.05, 0.1) is 15.6 Å². The minimum atomic E-state index is -0.614. The first-order chi connectivity index (χ1) is 16.2. The molecule has 0 radical (unpaired) electrons. The van der Waals surface area contributed by atoms with Crippen molar-refractivity contribution in [1.82, 2.24) is 0 Å². The van der Waals surface area contributed by atoms with Gasteiger partial charge in [0.15, 0.2) is 0 Å². The van der Waals surface area contributed by atoms with Gasteiger partial charge in [0.25, 0.3) is 0 Å². The van der Waals surface area contributed by atoms with E-state index >= 15 is 0 Å². The van der Waals surface area contributed by atoms with Crippen LogP contribution in [0.15, 0.2) is 48.5 Å². The molecule has 0 aliphatic heterocycles. The van der Waals surface area contributed by atoms with Crippen LogP contribution in [0.1, 0.15) is 61.3 Å². The van der Waals surface area contributed by atoms with Gasteiger partial charge in [0, 0.05) is 47.5 Å². The molecule has 0 aliphatic carbocycles. The van der Waals surface area contributed by atoms with Gasteiger partial charge in [0.1, 0.15) is 0 Å². The zero-order chi connectivity index (χ0) is 27.2. The van der Waals surface area contributed by atoms with E-state index in [1.54, 1.807) is 5.30 Å². The molecule has 2 rings (SSSR count). The second kappa shape index (κ2) is 17.6. The van der Waals surface area contributed by atoms with Crippen molar-refractivity contribution >= 4 is 57.5 Å². The summed E-state index contributed by atoms with van der Waals surface area (Å²) in [5.74, 6) is 0. The van der Waals surface area contributed by atoms with Gasteiger partial charge in [-0.2, -0.15) is 0 Å². The molecule has 0 aliphatic rings. The van der Waals surface area contributed by atoms with E-state index in [9.17, 15) is 0 Å². The van der Waals surface area contributed by atoms with E-state index in [4.69, 9.17) is 19.1 Å². The number of anilines is 2. The van der Waals surface area contributed by atoms with E-state index in [0.717, 1.165) is 8.58 Å². The second-order valence-corrected chi connectivity index (χ2v) is 19.2. The quantitative estimate of drug-likeness (QED) is 0.168. The van der Waals surface area contributed by atoms with Crippen LogP contribution in [0.5, 0.6) is 0 Å². The molecule has 2 nitrogen and oxygen atoms in total. The topological polar surface area (TPSA) is 6.48 Å². The monoisotopic (exact) mass is 651 g/mol. The molecule has 35 heavy (non-hydrogen) atoms. The molecule has 2 aromatic rings. The van der Waals surface area contributed by atoms with Crippen molar-refractivity contribution < 1.29 is 15.9 Å². The fourth-order valence-corrected chi connectivity index (χ4v) is 9.91. The Kier molecular flexibility index (Phi) is 17.7. The molecule has 7 heteroatoms. The van der Waals surface area contributed by atoms with Gasteiger partial charge in [-0.05, 0) is 95.8 Å². The molecule has 0 bridgehead atoms. The van der Waals surface area contributed by atoms with Gasteiger partial charge in [-0.25, -0.2) is 0 Å². The average molecular weight is 653 g/mol. The molecule has 0 heterocycles. The fourth-order valence-electron chi connectivity index (χ4n) is 4.20. The minimum absolute atomic E-state index is 0.106. The number of halogens is 2. The Morgan fingerprint density at radius 1 is 0.743 bits per heavy atom. The molecule has 1 atom stereocenters. The summed E-state index contributed by atoms with van der Waals surface area (Å²) in [7, 11) is 18.3. The Labute approximate surface area is 236 Å². The van der Waals surface area contributed by atoms with Gasteiger partial charge in [-0.3, -0.25) is 0 Å². The molecular weight excluding hydrogens is 604 g/mol. The summed E-state index contributed by atoms with van der Waals surface area (Å²) in [6, 6.07) is 18.1. The molecule has 0 fully saturated rings. The zero-order valence-corrected chi connectivity index (χ0v) is 28.8. The number of hydrogen-bond acceptors (Lipinski definition) is 2. The summed E-state index contributed by atoms with van der Waals surface area (Å²) in [6.45, 7) is 16.5. The van der Waals surface area contributed by atoms with Gasteiger partial charge in [-0.15, -0.1) is 0 Å². The summed E-state index contributed by atoms with van der Waals surface area (Å²) in [5.41, 5.74) is 2.57.